The van der Waals surface area contributed by atoms with Gasteiger partial charge >= 0.3 is 0 Å². The molecule has 0 fully saturated rings. The van der Waals surface area contributed by atoms with Crippen LogP contribution in [0.3, 0.4) is 0 Å². The lowest BCUT2D eigenvalue weighted by Crippen LogP contribution is -1.86. The molecule has 17 heavy (non-hydrogen) atoms. The molecule has 0 unspecified atom stereocenters. The number of benzene rings is 2. The summed E-state index contributed by atoms with van der Waals surface area (Å²) in [4.78, 5) is 0. The summed E-state index contributed by atoms with van der Waals surface area (Å²) in [7, 11) is 1.56. The lowest BCUT2D eigenvalue weighted by Gasteiger charge is -2.08. The summed E-state index contributed by atoms with van der Waals surface area (Å²) in [6.45, 7) is 0. The second-order valence-corrected chi connectivity index (χ2v) is 4.43. The van der Waals surface area contributed by atoms with Gasteiger partial charge in [-0.3, -0.25) is 0 Å². The maximum atomic E-state index is 13.4. The number of phenols is 1. The second kappa shape index (κ2) is 4.75. The molecule has 0 radical (unpaired) electrons. The van der Waals surface area contributed by atoms with Gasteiger partial charge in [-0.05, 0) is 29.8 Å². The number of hydrogen-bond acceptors (Lipinski definition) is 2. The van der Waals surface area contributed by atoms with Gasteiger partial charge in [-0.1, -0.05) is 28.1 Å². The van der Waals surface area contributed by atoms with Crippen LogP contribution >= 0.6 is 15.9 Å². The molecular formula is C13H10BrFO2. The number of halogens is 2. The first-order valence-electron chi connectivity index (χ1n) is 4.94. The Morgan fingerprint density at radius 3 is 2.71 bits per heavy atom. The smallest absolute Gasteiger partial charge is 0.166 e. The Labute approximate surface area is 107 Å². The third-order valence-electron chi connectivity index (χ3n) is 2.41. The van der Waals surface area contributed by atoms with E-state index in [0.29, 0.717) is 21.3 Å². The van der Waals surface area contributed by atoms with E-state index in [-0.39, 0.29) is 5.75 Å². The zero-order valence-corrected chi connectivity index (χ0v) is 10.7. The molecule has 0 bridgehead atoms. The molecule has 0 aliphatic rings. The molecule has 2 nitrogen and oxygen atoms in total. The van der Waals surface area contributed by atoms with Crippen molar-refractivity contribution in [1.82, 2.24) is 0 Å². The minimum absolute atomic E-state index is 0.360. The Kier molecular flexibility index (Phi) is 3.33. The van der Waals surface area contributed by atoms with Crippen molar-refractivity contribution in [3.8, 4) is 22.6 Å². The molecule has 0 atom stereocenters. The van der Waals surface area contributed by atoms with Crippen molar-refractivity contribution in [1.29, 1.82) is 0 Å². The quantitative estimate of drug-likeness (QED) is 0.909. The lowest BCUT2D eigenvalue weighted by molar-refractivity contribution is 0.415. The zero-order valence-electron chi connectivity index (χ0n) is 9.08. The SMILES string of the molecule is COc1cccc(-c2cc(Br)cc(F)c2O)c1. The van der Waals surface area contributed by atoms with Crippen molar-refractivity contribution in [3.05, 3.63) is 46.7 Å². The Hall–Kier alpha value is -1.55. The summed E-state index contributed by atoms with van der Waals surface area (Å²) >= 11 is 3.20. The van der Waals surface area contributed by atoms with Crippen LogP contribution < -0.4 is 4.74 Å². The fraction of sp³-hybridized carbons (Fsp3) is 0.0769. The number of phenolic OH excluding ortho intramolecular Hbond substituents is 1. The zero-order chi connectivity index (χ0) is 12.4. The van der Waals surface area contributed by atoms with Crippen molar-refractivity contribution in [2.24, 2.45) is 0 Å². The number of aromatic hydroxyl groups is 1. The van der Waals surface area contributed by atoms with E-state index in [9.17, 15) is 9.50 Å². The Morgan fingerprint density at radius 2 is 2.00 bits per heavy atom. The van der Waals surface area contributed by atoms with Crippen LogP contribution in [0.25, 0.3) is 11.1 Å². The highest BCUT2D eigenvalue weighted by Crippen LogP contribution is 2.35. The van der Waals surface area contributed by atoms with E-state index in [1.54, 1.807) is 37.4 Å². The van der Waals surface area contributed by atoms with Gasteiger partial charge in [0.05, 0.1) is 7.11 Å². The molecule has 0 aliphatic carbocycles. The van der Waals surface area contributed by atoms with E-state index in [4.69, 9.17) is 4.74 Å². The van der Waals surface area contributed by atoms with Crippen molar-refractivity contribution >= 4 is 15.9 Å². The molecule has 0 heterocycles. The topological polar surface area (TPSA) is 29.5 Å². The Morgan fingerprint density at radius 1 is 1.24 bits per heavy atom. The van der Waals surface area contributed by atoms with Gasteiger partial charge in [-0.2, -0.15) is 0 Å². The largest absolute Gasteiger partial charge is 0.504 e. The van der Waals surface area contributed by atoms with Crippen LogP contribution in [0, 0.1) is 5.82 Å². The third kappa shape index (κ3) is 2.42. The fourth-order valence-corrected chi connectivity index (χ4v) is 2.01. The highest BCUT2D eigenvalue weighted by Gasteiger charge is 2.11. The molecule has 2 aromatic rings. The van der Waals surface area contributed by atoms with Crippen molar-refractivity contribution in [3.63, 3.8) is 0 Å². The molecule has 4 heteroatoms. The molecule has 0 aromatic heterocycles. The minimum atomic E-state index is -0.655. The van der Waals surface area contributed by atoms with Gasteiger partial charge in [0.2, 0.25) is 0 Å². The Bertz CT molecular complexity index is 555. The molecule has 0 saturated carbocycles. The molecule has 0 spiro atoms. The fourth-order valence-electron chi connectivity index (χ4n) is 1.58. The highest BCUT2D eigenvalue weighted by atomic mass is 79.9. The first-order chi connectivity index (χ1) is 8.11. The molecule has 0 amide bonds. The van der Waals surface area contributed by atoms with Gasteiger partial charge in [0.15, 0.2) is 11.6 Å². The van der Waals surface area contributed by atoms with Crippen LogP contribution in [0.15, 0.2) is 40.9 Å². The highest BCUT2D eigenvalue weighted by molar-refractivity contribution is 9.10. The van der Waals surface area contributed by atoms with E-state index in [1.807, 2.05) is 0 Å². The molecule has 2 rings (SSSR count). The van der Waals surface area contributed by atoms with Crippen molar-refractivity contribution < 1.29 is 14.2 Å². The standard InChI is InChI=1S/C13H10BrFO2/c1-17-10-4-2-3-8(5-10)11-6-9(14)7-12(15)13(11)16/h2-7,16H,1H3. The van der Waals surface area contributed by atoms with E-state index >= 15 is 0 Å². The second-order valence-electron chi connectivity index (χ2n) is 3.52. The molecular weight excluding hydrogens is 287 g/mol. The van der Waals surface area contributed by atoms with Gasteiger partial charge < -0.3 is 9.84 Å². The van der Waals surface area contributed by atoms with E-state index in [1.165, 1.54) is 6.07 Å². The van der Waals surface area contributed by atoms with E-state index < -0.39 is 5.82 Å². The van der Waals surface area contributed by atoms with Crippen molar-refractivity contribution in [2.75, 3.05) is 7.11 Å². The van der Waals surface area contributed by atoms with Crippen LogP contribution in [0.4, 0.5) is 4.39 Å². The summed E-state index contributed by atoms with van der Waals surface area (Å²) in [5.41, 5.74) is 1.12. The molecule has 2 aromatic carbocycles. The lowest BCUT2D eigenvalue weighted by atomic mass is 10.0. The number of hydrogen-bond donors (Lipinski definition) is 1. The summed E-state index contributed by atoms with van der Waals surface area (Å²) in [6, 6.07) is 9.97. The molecule has 0 aliphatic heterocycles. The van der Waals surface area contributed by atoms with Gasteiger partial charge in [-0.25, -0.2) is 4.39 Å². The monoisotopic (exact) mass is 296 g/mol. The Balaban J connectivity index is 2.59. The van der Waals surface area contributed by atoms with Crippen LogP contribution in [0.1, 0.15) is 0 Å². The van der Waals surface area contributed by atoms with Gasteiger partial charge in [-0.15, -0.1) is 0 Å². The third-order valence-corrected chi connectivity index (χ3v) is 2.87. The average molecular weight is 297 g/mol. The predicted molar refractivity (Wildman–Crippen MR) is 67.8 cm³/mol. The van der Waals surface area contributed by atoms with E-state index in [0.717, 1.165) is 0 Å². The first-order valence-corrected chi connectivity index (χ1v) is 5.73. The number of methoxy groups -OCH3 is 1. The summed E-state index contributed by atoms with van der Waals surface area (Å²) in [5, 5.41) is 9.70. The van der Waals surface area contributed by atoms with Gasteiger partial charge in [0, 0.05) is 10.0 Å². The van der Waals surface area contributed by atoms with Crippen LogP contribution in [-0.2, 0) is 0 Å². The first kappa shape index (κ1) is 11.9. The molecule has 88 valence electrons. The molecule has 0 saturated heterocycles. The molecule has 1 N–H and O–H groups in total. The predicted octanol–water partition coefficient (Wildman–Crippen LogP) is 3.97. The van der Waals surface area contributed by atoms with Gasteiger partial charge in [0.1, 0.15) is 5.75 Å². The normalized spacial score (nSPS) is 10.3. The maximum Gasteiger partial charge on any atom is 0.166 e. The summed E-state index contributed by atoms with van der Waals surface area (Å²) in [6.07, 6.45) is 0. The maximum absolute atomic E-state index is 13.4. The number of rotatable bonds is 2. The minimum Gasteiger partial charge on any atom is -0.504 e. The van der Waals surface area contributed by atoms with Crippen LogP contribution in [-0.4, -0.2) is 12.2 Å². The average Bonchev–Trinajstić information content (AvgIpc) is 2.34. The number of ether oxygens (including phenoxy) is 1. The summed E-state index contributed by atoms with van der Waals surface area (Å²) in [5.74, 6) is -0.360. The van der Waals surface area contributed by atoms with E-state index in [2.05, 4.69) is 15.9 Å². The van der Waals surface area contributed by atoms with Crippen LogP contribution in [0.2, 0.25) is 0 Å². The summed E-state index contributed by atoms with van der Waals surface area (Å²) < 4.78 is 19.1. The van der Waals surface area contributed by atoms with Crippen molar-refractivity contribution in [2.45, 2.75) is 0 Å². The van der Waals surface area contributed by atoms with Gasteiger partial charge in [0.25, 0.3) is 0 Å². The van der Waals surface area contributed by atoms with Crippen LogP contribution in [0.5, 0.6) is 11.5 Å².